The summed E-state index contributed by atoms with van der Waals surface area (Å²) in [5.41, 5.74) is 0.908. The molecular formula is C12H13FNO2S-. The SMILES string of the molecule is O=C([O-])Nc1ccc(C2CCSCC2)c(F)c1. The molecule has 1 N–H and O–H groups in total. The van der Waals surface area contributed by atoms with E-state index in [2.05, 4.69) is 0 Å². The molecule has 1 saturated heterocycles. The average Bonchev–Trinajstić information content (AvgIpc) is 2.29. The Balaban J connectivity index is 2.15. The van der Waals surface area contributed by atoms with E-state index in [1.54, 1.807) is 12.1 Å². The molecule has 3 nitrogen and oxygen atoms in total. The van der Waals surface area contributed by atoms with Crippen molar-refractivity contribution < 1.29 is 14.3 Å². The number of carbonyl (C=O) groups excluding carboxylic acids is 1. The number of carbonyl (C=O) groups is 1. The number of nitrogens with one attached hydrogen (secondary N) is 1. The van der Waals surface area contributed by atoms with E-state index in [1.807, 2.05) is 17.1 Å². The van der Waals surface area contributed by atoms with Gasteiger partial charge in [0.1, 0.15) is 11.9 Å². The number of anilines is 1. The van der Waals surface area contributed by atoms with Crippen LogP contribution in [0.4, 0.5) is 14.9 Å². The van der Waals surface area contributed by atoms with Crippen LogP contribution >= 0.6 is 11.8 Å². The van der Waals surface area contributed by atoms with Crippen LogP contribution in [-0.2, 0) is 0 Å². The molecular weight excluding hydrogens is 241 g/mol. The first-order valence-corrected chi connectivity index (χ1v) is 6.67. The third kappa shape index (κ3) is 3.12. The van der Waals surface area contributed by atoms with Crippen molar-refractivity contribution in [3.63, 3.8) is 0 Å². The Labute approximate surface area is 103 Å². The summed E-state index contributed by atoms with van der Waals surface area (Å²) in [7, 11) is 0. The molecule has 0 bridgehead atoms. The molecule has 1 amide bonds. The number of halogens is 1. The zero-order valence-electron chi connectivity index (χ0n) is 9.24. The minimum Gasteiger partial charge on any atom is -0.530 e. The summed E-state index contributed by atoms with van der Waals surface area (Å²) in [4.78, 5) is 10.3. The summed E-state index contributed by atoms with van der Waals surface area (Å²) < 4.78 is 13.8. The zero-order valence-corrected chi connectivity index (χ0v) is 10.1. The van der Waals surface area contributed by atoms with Gasteiger partial charge in [0.25, 0.3) is 0 Å². The molecule has 92 valence electrons. The Hall–Kier alpha value is -1.23. The molecule has 1 aromatic carbocycles. The van der Waals surface area contributed by atoms with Crippen LogP contribution in [0.1, 0.15) is 24.3 Å². The average molecular weight is 254 g/mol. The van der Waals surface area contributed by atoms with Crippen LogP contribution in [0.3, 0.4) is 0 Å². The van der Waals surface area contributed by atoms with Crippen molar-refractivity contribution in [2.45, 2.75) is 18.8 Å². The molecule has 0 radical (unpaired) electrons. The molecule has 1 aliphatic rings. The number of rotatable bonds is 2. The van der Waals surface area contributed by atoms with Crippen molar-refractivity contribution in [1.82, 2.24) is 0 Å². The first-order valence-electron chi connectivity index (χ1n) is 5.52. The van der Waals surface area contributed by atoms with Gasteiger partial charge in [-0.15, -0.1) is 0 Å². The number of amides is 1. The van der Waals surface area contributed by atoms with Crippen molar-refractivity contribution in [2.75, 3.05) is 16.8 Å². The van der Waals surface area contributed by atoms with Gasteiger partial charge in [-0.05, 0) is 48.0 Å². The number of carboxylic acid groups (broad SMARTS) is 1. The van der Waals surface area contributed by atoms with Crippen molar-refractivity contribution in [3.8, 4) is 0 Å². The lowest BCUT2D eigenvalue weighted by Gasteiger charge is -2.22. The molecule has 1 fully saturated rings. The largest absolute Gasteiger partial charge is 0.530 e. The standard InChI is InChI=1S/C12H14FNO2S/c13-11-7-9(14-12(15)16)1-2-10(11)8-3-5-17-6-4-8/h1-2,7-8,14H,3-6H2,(H,15,16)/p-1. The molecule has 0 atom stereocenters. The molecule has 1 aliphatic heterocycles. The maximum atomic E-state index is 13.8. The maximum absolute atomic E-state index is 13.8. The maximum Gasteiger partial charge on any atom is 0.138 e. The third-order valence-electron chi connectivity index (χ3n) is 2.91. The first-order chi connectivity index (χ1) is 8.16. The van der Waals surface area contributed by atoms with Crippen molar-refractivity contribution in [1.29, 1.82) is 0 Å². The van der Waals surface area contributed by atoms with E-state index in [-0.39, 0.29) is 17.4 Å². The number of hydrogen-bond donors (Lipinski definition) is 1. The van der Waals surface area contributed by atoms with E-state index < -0.39 is 6.09 Å². The Morgan fingerprint density at radius 2 is 2.12 bits per heavy atom. The molecule has 0 spiro atoms. The molecule has 0 aliphatic carbocycles. The molecule has 0 unspecified atom stereocenters. The Bertz CT molecular complexity index is 419. The second-order valence-corrected chi connectivity index (χ2v) is 5.26. The van der Waals surface area contributed by atoms with Gasteiger partial charge in [0, 0.05) is 5.69 Å². The van der Waals surface area contributed by atoms with Gasteiger partial charge in [-0.2, -0.15) is 11.8 Å². The summed E-state index contributed by atoms with van der Waals surface area (Å²) >= 11 is 1.89. The van der Waals surface area contributed by atoms with Crippen LogP contribution in [-0.4, -0.2) is 17.6 Å². The van der Waals surface area contributed by atoms with Gasteiger partial charge in [-0.3, -0.25) is 0 Å². The molecule has 17 heavy (non-hydrogen) atoms. The van der Waals surface area contributed by atoms with Crippen molar-refractivity contribution >= 4 is 23.5 Å². The lowest BCUT2D eigenvalue weighted by atomic mass is 9.93. The first kappa shape index (κ1) is 12.2. The van der Waals surface area contributed by atoms with E-state index in [4.69, 9.17) is 0 Å². The monoisotopic (exact) mass is 254 g/mol. The fraction of sp³-hybridized carbons (Fsp3) is 0.417. The molecule has 5 heteroatoms. The molecule has 1 aromatic rings. The quantitative estimate of drug-likeness (QED) is 0.880. The smallest absolute Gasteiger partial charge is 0.138 e. The van der Waals surface area contributed by atoms with E-state index in [1.165, 1.54) is 6.07 Å². The summed E-state index contributed by atoms with van der Waals surface area (Å²) in [6, 6.07) is 4.46. The van der Waals surface area contributed by atoms with Crippen molar-refractivity contribution in [2.24, 2.45) is 0 Å². The predicted molar refractivity (Wildman–Crippen MR) is 64.7 cm³/mol. The van der Waals surface area contributed by atoms with Gasteiger partial charge in [0.05, 0.1) is 0 Å². The number of benzene rings is 1. The Morgan fingerprint density at radius 3 is 2.71 bits per heavy atom. The fourth-order valence-electron chi connectivity index (χ4n) is 2.06. The second kappa shape index (κ2) is 5.40. The van der Waals surface area contributed by atoms with Gasteiger partial charge in [-0.25, -0.2) is 4.39 Å². The predicted octanol–water partition coefficient (Wildman–Crippen LogP) is 2.19. The van der Waals surface area contributed by atoms with Gasteiger partial charge in [-0.1, -0.05) is 6.07 Å². The van der Waals surface area contributed by atoms with Gasteiger partial charge >= 0.3 is 0 Å². The zero-order chi connectivity index (χ0) is 12.3. The van der Waals surface area contributed by atoms with Crippen LogP contribution < -0.4 is 10.4 Å². The second-order valence-electron chi connectivity index (χ2n) is 4.04. The van der Waals surface area contributed by atoms with Crippen LogP contribution in [0.15, 0.2) is 18.2 Å². The number of thioether (sulfide) groups is 1. The Morgan fingerprint density at radius 1 is 1.41 bits per heavy atom. The Kier molecular flexibility index (Phi) is 3.89. The third-order valence-corrected chi connectivity index (χ3v) is 3.96. The summed E-state index contributed by atoms with van der Waals surface area (Å²) in [5.74, 6) is 2.04. The summed E-state index contributed by atoms with van der Waals surface area (Å²) in [6.45, 7) is 0. The minimum absolute atomic E-state index is 0.219. The van der Waals surface area contributed by atoms with E-state index >= 15 is 0 Å². The highest BCUT2D eigenvalue weighted by Gasteiger charge is 2.19. The van der Waals surface area contributed by atoms with Crippen LogP contribution in [0, 0.1) is 5.82 Å². The van der Waals surface area contributed by atoms with Crippen LogP contribution in [0.25, 0.3) is 0 Å². The summed E-state index contributed by atoms with van der Waals surface area (Å²) in [5, 5.41) is 12.4. The van der Waals surface area contributed by atoms with Crippen LogP contribution in [0.5, 0.6) is 0 Å². The number of hydrogen-bond acceptors (Lipinski definition) is 3. The van der Waals surface area contributed by atoms with Gasteiger partial charge < -0.3 is 15.2 Å². The molecule has 0 aromatic heterocycles. The highest BCUT2D eigenvalue weighted by Crippen LogP contribution is 2.33. The van der Waals surface area contributed by atoms with Crippen molar-refractivity contribution in [3.05, 3.63) is 29.6 Å². The molecule has 1 heterocycles. The normalized spacial score (nSPS) is 16.8. The van der Waals surface area contributed by atoms with E-state index in [0.717, 1.165) is 24.3 Å². The fourth-order valence-corrected chi connectivity index (χ4v) is 3.17. The summed E-state index contributed by atoms with van der Waals surface area (Å²) in [6.07, 6.45) is 0.537. The van der Waals surface area contributed by atoms with Gasteiger partial charge in [0.15, 0.2) is 0 Å². The lowest BCUT2D eigenvalue weighted by molar-refractivity contribution is -0.242. The highest BCUT2D eigenvalue weighted by atomic mass is 32.2. The topological polar surface area (TPSA) is 52.2 Å². The lowest BCUT2D eigenvalue weighted by Crippen LogP contribution is -2.28. The minimum atomic E-state index is -1.42. The molecule has 2 rings (SSSR count). The molecule has 0 saturated carbocycles. The van der Waals surface area contributed by atoms with E-state index in [0.29, 0.717) is 5.56 Å². The van der Waals surface area contributed by atoms with Crippen LogP contribution in [0.2, 0.25) is 0 Å². The highest BCUT2D eigenvalue weighted by molar-refractivity contribution is 7.99. The van der Waals surface area contributed by atoms with Gasteiger partial charge in [0.2, 0.25) is 0 Å². The van der Waals surface area contributed by atoms with E-state index in [9.17, 15) is 14.3 Å².